The Bertz CT molecular complexity index is 1930. The fraction of sp³-hybridized carbons (Fsp3) is 0.590. The maximum absolute atomic E-state index is 14.1. The molecule has 2 aliphatic heterocycles. The van der Waals surface area contributed by atoms with Gasteiger partial charge in [0.15, 0.2) is 36.5 Å². The van der Waals surface area contributed by atoms with Gasteiger partial charge in [-0.3, -0.25) is 14.4 Å². The number of nitrogens with one attached hydrogen (secondary N) is 1. The average molecular weight is 842 g/mol. The SMILES string of the molecule is CCOC(CCCN[C@H]1C[C@H](OC2CC(O)(C(C)=O)Cc3c([O-])c4c(c(O)c32)C(=O)c2c(OC)cccc2C4=O)O[C@@H](C)[C@H]1O)O[C@@H]1O[C@H](C(=O)O)[C@@H](O)[C@H](O)[C@H]1O.[Na+]. The van der Waals surface area contributed by atoms with Crippen molar-refractivity contribution in [1.29, 1.82) is 0 Å². The van der Waals surface area contributed by atoms with Crippen molar-refractivity contribution in [1.82, 2.24) is 5.32 Å². The molecule has 0 saturated carbocycles. The molecule has 2 heterocycles. The maximum Gasteiger partial charge on any atom is 1.00 e. The van der Waals surface area contributed by atoms with Crippen LogP contribution in [-0.4, -0.2) is 146 Å². The molecule has 2 saturated heterocycles. The number of hydrogen-bond acceptors (Lipinski definition) is 18. The van der Waals surface area contributed by atoms with Crippen molar-refractivity contribution in [2.45, 2.75) is 126 Å². The molecule has 318 valence electrons. The molecule has 2 aromatic rings. The molecule has 12 atom stereocenters. The van der Waals surface area contributed by atoms with Gasteiger partial charge in [0.2, 0.25) is 5.78 Å². The summed E-state index contributed by atoms with van der Waals surface area (Å²) in [6, 6.07) is 3.61. The van der Waals surface area contributed by atoms with Crippen molar-refractivity contribution in [3.05, 3.63) is 51.6 Å². The molecule has 2 fully saturated rings. The van der Waals surface area contributed by atoms with Gasteiger partial charge in [0.25, 0.3) is 0 Å². The summed E-state index contributed by atoms with van der Waals surface area (Å²) in [5.74, 6) is -5.54. The number of methoxy groups -OCH3 is 1. The second kappa shape index (κ2) is 18.9. The summed E-state index contributed by atoms with van der Waals surface area (Å²) in [7, 11) is 1.30. The molecule has 20 heteroatoms. The molecule has 19 nitrogen and oxygen atoms in total. The number of ketones is 3. The number of carbonyl (C=O) groups excluding carboxylic acids is 3. The Morgan fingerprint density at radius 2 is 1.75 bits per heavy atom. The molecular formula is C39H48NNaO18. The van der Waals surface area contributed by atoms with E-state index >= 15 is 0 Å². The summed E-state index contributed by atoms with van der Waals surface area (Å²) >= 11 is 0. The molecular weight excluding hydrogens is 793 g/mol. The van der Waals surface area contributed by atoms with Crippen molar-refractivity contribution in [2.75, 3.05) is 20.3 Å². The van der Waals surface area contributed by atoms with Gasteiger partial charge in [0.1, 0.15) is 35.4 Å². The van der Waals surface area contributed by atoms with Crippen molar-refractivity contribution in [3.8, 4) is 17.2 Å². The smallest absolute Gasteiger partial charge is 0.872 e. The summed E-state index contributed by atoms with van der Waals surface area (Å²) in [6.45, 7) is 4.78. The number of Topliss-reactive ketones (excluding diaryl/α,β-unsaturated/α-hetero) is 1. The number of rotatable bonds is 14. The van der Waals surface area contributed by atoms with E-state index in [1.165, 1.54) is 25.3 Å². The Hall–Kier alpha value is -3.12. The van der Waals surface area contributed by atoms with Gasteiger partial charge in [0, 0.05) is 48.6 Å². The number of phenolic OH excluding ortho intramolecular Hbond substituents is 1. The quantitative estimate of drug-likeness (QED) is 0.0437. The summed E-state index contributed by atoms with van der Waals surface area (Å²) in [5.41, 5.74) is -3.97. The van der Waals surface area contributed by atoms with E-state index in [2.05, 4.69) is 5.32 Å². The second-order valence-electron chi connectivity index (χ2n) is 14.9. The summed E-state index contributed by atoms with van der Waals surface area (Å²) in [6.07, 6.45) is -15.0. The first-order valence-corrected chi connectivity index (χ1v) is 18.9. The predicted molar refractivity (Wildman–Crippen MR) is 192 cm³/mol. The van der Waals surface area contributed by atoms with E-state index < -0.39 is 132 Å². The summed E-state index contributed by atoms with van der Waals surface area (Å²) < 4.78 is 34.0. The molecule has 8 N–H and O–H groups in total. The number of aliphatic hydroxyl groups excluding tert-OH is 4. The number of aromatic hydroxyl groups is 1. The Balaban J connectivity index is 0.00000661. The summed E-state index contributed by atoms with van der Waals surface area (Å²) in [4.78, 5) is 52.0. The van der Waals surface area contributed by atoms with E-state index in [4.69, 9.17) is 28.4 Å². The van der Waals surface area contributed by atoms with Crippen LogP contribution in [0.4, 0.5) is 0 Å². The number of aliphatic hydroxyl groups is 5. The number of hydrogen-bond donors (Lipinski definition) is 8. The van der Waals surface area contributed by atoms with Crippen molar-refractivity contribution >= 4 is 23.3 Å². The van der Waals surface area contributed by atoms with Crippen LogP contribution in [0.5, 0.6) is 17.2 Å². The third kappa shape index (κ3) is 8.96. The van der Waals surface area contributed by atoms with E-state index in [0.717, 1.165) is 6.92 Å². The Kier molecular flexibility index (Phi) is 15.0. The first-order chi connectivity index (χ1) is 27.4. The number of ether oxygens (including phenoxy) is 6. The van der Waals surface area contributed by atoms with Crippen molar-refractivity contribution in [3.63, 3.8) is 0 Å². The number of fused-ring (bicyclic) bond motifs is 3. The molecule has 4 aliphatic rings. The van der Waals surface area contributed by atoms with E-state index in [-0.39, 0.29) is 83.6 Å². The molecule has 0 spiro atoms. The van der Waals surface area contributed by atoms with E-state index in [1.54, 1.807) is 13.8 Å². The van der Waals surface area contributed by atoms with E-state index in [9.17, 15) is 60.0 Å². The van der Waals surface area contributed by atoms with Crippen LogP contribution in [0.15, 0.2) is 18.2 Å². The average Bonchev–Trinajstić information content (AvgIpc) is 3.18. The van der Waals surface area contributed by atoms with Gasteiger partial charge in [-0.15, -0.1) is 0 Å². The second-order valence-corrected chi connectivity index (χ2v) is 14.9. The van der Waals surface area contributed by atoms with Gasteiger partial charge in [-0.05, 0) is 51.8 Å². The van der Waals surface area contributed by atoms with Gasteiger partial charge >= 0.3 is 35.5 Å². The number of carboxylic acid groups (broad SMARTS) is 1. The van der Waals surface area contributed by atoms with Crippen LogP contribution in [0.25, 0.3) is 0 Å². The minimum Gasteiger partial charge on any atom is -0.872 e. The number of phenols is 1. The van der Waals surface area contributed by atoms with Gasteiger partial charge in [-0.25, -0.2) is 4.79 Å². The number of carboxylic acids is 1. The van der Waals surface area contributed by atoms with Gasteiger partial charge < -0.3 is 74.6 Å². The Morgan fingerprint density at radius 3 is 2.39 bits per heavy atom. The molecule has 2 aliphatic carbocycles. The normalized spacial score (nSPS) is 31.9. The Morgan fingerprint density at radius 1 is 1.03 bits per heavy atom. The first kappa shape index (κ1) is 46.9. The predicted octanol–water partition coefficient (Wildman–Crippen LogP) is -3.92. The van der Waals surface area contributed by atoms with Crippen molar-refractivity contribution < 1.29 is 118 Å². The number of aliphatic carboxylic acids is 1. The minimum absolute atomic E-state index is 0. The molecule has 0 aromatic heterocycles. The standard InChI is InChI=1S/C39H49NO18.Na/c1-5-54-22(57-38-35(49)33(47)34(48)36(58-38)37(50)51)10-7-11-40-19-12-23(55-15(2)28(19)42)56-21-14-39(52,16(3)41)13-18-25(21)32(46)27-26(30(18)44)29(43)17-8-6-9-20(53-4)24(17)31(27)45;/h6,8-9,15,19,21-23,28,33-36,38,40,42,44,46-49,52H,5,7,10-14H2,1-4H3,(H,50,51);/q;+1/p-1/t15-,19-,21?,22?,23-,28+,33-,34-,35+,36-,38+,39?;/m0./s1. The molecule has 0 radical (unpaired) electrons. The fourth-order valence-corrected chi connectivity index (χ4v) is 8.06. The molecule has 2 aromatic carbocycles. The third-order valence-corrected chi connectivity index (χ3v) is 11.2. The zero-order valence-electron chi connectivity index (χ0n) is 33.2. The van der Waals surface area contributed by atoms with Crippen molar-refractivity contribution in [2.24, 2.45) is 0 Å². The van der Waals surface area contributed by atoms with Gasteiger partial charge in [0.05, 0.1) is 36.5 Å². The fourth-order valence-electron chi connectivity index (χ4n) is 8.06. The minimum atomic E-state index is -2.15. The van der Waals surface area contributed by atoms with Crippen LogP contribution < -0.4 is 44.7 Å². The van der Waals surface area contributed by atoms with Crippen LogP contribution in [0.2, 0.25) is 0 Å². The monoisotopic (exact) mass is 841 g/mol. The third-order valence-electron chi connectivity index (χ3n) is 11.2. The molecule has 0 amide bonds. The molecule has 3 unspecified atom stereocenters. The zero-order chi connectivity index (χ0) is 42.4. The topological polar surface area (TPSA) is 300 Å². The van der Waals surface area contributed by atoms with E-state index in [0.29, 0.717) is 6.42 Å². The molecule has 59 heavy (non-hydrogen) atoms. The Labute approximate surface area is 360 Å². The first-order valence-electron chi connectivity index (χ1n) is 18.9. The van der Waals surface area contributed by atoms with Crippen LogP contribution in [0.3, 0.4) is 0 Å². The van der Waals surface area contributed by atoms with Gasteiger partial charge in [-0.2, -0.15) is 0 Å². The van der Waals surface area contributed by atoms with E-state index in [1.807, 2.05) is 0 Å². The summed E-state index contributed by atoms with van der Waals surface area (Å²) in [5, 5.41) is 91.5. The van der Waals surface area contributed by atoms with Crippen LogP contribution >= 0.6 is 0 Å². The number of benzene rings is 2. The van der Waals surface area contributed by atoms with Gasteiger partial charge in [-0.1, -0.05) is 17.9 Å². The molecule has 6 rings (SSSR count). The van der Waals surface area contributed by atoms with Crippen LogP contribution in [0.1, 0.15) is 95.5 Å². The van der Waals surface area contributed by atoms with Crippen LogP contribution in [-0.2, 0) is 39.7 Å². The number of carbonyl (C=O) groups is 4. The van der Waals surface area contributed by atoms with Crippen LogP contribution in [0, 0.1) is 0 Å². The largest absolute Gasteiger partial charge is 1.00 e. The molecule has 0 bridgehead atoms. The maximum atomic E-state index is 14.1. The zero-order valence-corrected chi connectivity index (χ0v) is 35.2.